The van der Waals surface area contributed by atoms with E-state index < -0.39 is 5.91 Å². The number of hydrazine groups is 1. The highest BCUT2D eigenvalue weighted by Gasteiger charge is 2.16. The molecule has 1 aliphatic rings. The number of rotatable bonds is 2. The van der Waals surface area contributed by atoms with E-state index >= 15 is 0 Å². The Kier molecular flexibility index (Phi) is 5.48. The lowest BCUT2D eigenvalue weighted by Gasteiger charge is -2.07. The Hall–Kier alpha value is -1.92. The molecular formula is C17H18ClN3O2S. The molecule has 0 unspecified atom stereocenters. The van der Waals surface area contributed by atoms with Crippen LogP contribution < -0.4 is 10.9 Å². The second-order valence-electron chi connectivity index (χ2n) is 5.75. The largest absolute Gasteiger partial charge is 0.279 e. The average molecular weight is 364 g/mol. The maximum absolute atomic E-state index is 12.3. The van der Waals surface area contributed by atoms with Gasteiger partial charge in [0.05, 0.1) is 10.4 Å². The van der Waals surface area contributed by atoms with E-state index in [-0.39, 0.29) is 5.91 Å². The van der Waals surface area contributed by atoms with Gasteiger partial charge in [-0.2, -0.15) is 0 Å². The number of carbonyl (C=O) groups excluding carboxylic acids is 2. The van der Waals surface area contributed by atoms with Crippen molar-refractivity contribution in [3.8, 4) is 0 Å². The maximum atomic E-state index is 12.3. The van der Waals surface area contributed by atoms with Gasteiger partial charge in [0, 0.05) is 11.1 Å². The zero-order valence-electron chi connectivity index (χ0n) is 13.1. The van der Waals surface area contributed by atoms with Crippen LogP contribution in [0.1, 0.15) is 56.2 Å². The van der Waals surface area contributed by atoms with Crippen molar-refractivity contribution < 1.29 is 9.59 Å². The van der Waals surface area contributed by atoms with Gasteiger partial charge in [-0.1, -0.05) is 24.4 Å². The van der Waals surface area contributed by atoms with E-state index in [1.54, 1.807) is 6.07 Å². The molecule has 7 heteroatoms. The molecule has 5 nitrogen and oxygen atoms in total. The highest BCUT2D eigenvalue weighted by Crippen LogP contribution is 2.28. The molecule has 0 bridgehead atoms. The molecule has 2 aromatic rings. The second kappa shape index (κ2) is 7.77. The molecule has 2 heterocycles. The van der Waals surface area contributed by atoms with Crippen LogP contribution in [0.5, 0.6) is 0 Å². The number of hydrogen-bond donors (Lipinski definition) is 2. The van der Waals surface area contributed by atoms with E-state index in [1.165, 1.54) is 59.7 Å². The summed E-state index contributed by atoms with van der Waals surface area (Å²) in [6.07, 6.45) is 8.28. The van der Waals surface area contributed by atoms with Crippen molar-refractivity contribution in [2.45, 2.75) is 38.5 Å². The lowest BCUT2D eigenvalue weighted by atomic mass is 10.00. The van der Waals surface area contributed by atoms with Crippen LogP contribution in [0.15, 0.2) is 24.4 Å². The number of aromatic nitrogens is 1. The Labute approximate surface area is 149 Å². The van der Waals surface area contributed by atoms with Crippen molar-refractivity contribution in [3.05, 3.63) is 50.4 Å². The van der Waals surface area contributed by atoms with E-state index in [2.05, 4.69) is 15.8 Å². The average Bonchev–Trinajstić information content (AvgIpc) is 2.95. The number of nitrogens with zero attached hydrogens (tertiary/aromatic N) is 1. The number of aryl methyl sites for hydroxylation is 2. The summed E-state index contributed by atoms with van der Waals surface area (Å²) in [5.74, 6) is -0.718. The predicted octanol–water partition coefficient (Wildman–Crippen LogP) is 3.53. The highest BCUT2D eigenvalue weighted by molar-refractivity contribution is 7.14. The summed E-state index contributed by atoms with van der Waals surface area (Å²) in [6, 6.07) is 5.03. The van der Waals surface area contributed by atoms with Crippen LogP contribution in [-0.4, -0.2) is 16.8 Å². The number of pyridine rings is 1. The molecule has 0 aromatic carbocycles. The van der Waals surface area contributed by atoms with Crippen LogP contribution >= 0.6 is 22.9 Å². The third-order valence-electron chi connectivity index (χ3n) is 4.00. The molecule has 126 valence electrons. The van der Waals surface area contributed by atoms with Crippen LogP contribution in [0, 0.1) is 0 Å². The van der Waals surface area contributed by atoms with Gasteiger partial charge in [0.1, 0.15) is 5.15 Å². The first-order valence-corrected chi connectivity index (χ1v) is 9.17. The minimum Gasteiger partial charge on any atom is -0.267 e. The van der Waals surface area contributed by atoms with Crippen LogP contribution in [0.25, 0.3) is 0 Å². The first-order chi connectivity index (χ1) is 11.6. The number of carbonyl (C=O) groups is 2. The van der Waals surface area contributed by atoms with E-state index in [0.29, 0.717) is 15.6 Å². The summed E-state index contributed by atoms with van der Waals surface area (Å²) in [7, 11) is 0. The van der Waals surface area contributed by atoms with Gasteiger partial charge in [-0.05, 0) is 49.4 Å². The minimum absolute atomic E-state index is 0.290. The van der Waals surface area contributed by atoms with Gasteiger partial charge in [-0.25, -0.2) is 4.98 Å². The van der Waals surface area contributed by atoms with E-state index in [0.717, 1.165) is 12.8 Å². The molecule has 0 saturated carbocycles. The standard InChI is InChI=1S/C17H18ClN3O2S/c18-15-8-7-12(10-19-15)16(22)20-21-17(23)14-9-11-5-3-1-2-4-6-13(11)24-14/h7-10H,1-6H2,(H,20,22)(H,21,23). The Morgan fingerprint density at radius 2 is 1.79 bits per heavy atom. The van der Waals surface area contributed by atoms with Gasteiger partial charge < -0.3 is 0 Å². The van der Waals surface area contributed by atoms with Gasteiger partial charge in [0.15, 0.2) is 0 Å². The topological polar surface area (TPSA) is 71.1 Å². The van der Waals surface area contributed by atoms with Crippen molar-refractivity contribution in [2.75, 3.05) is 0 Å². The van der Waals surface area contributed by atoms with Gasteiger partial charge in [-0.15, -0.1) is 11.3 Å². The number of nitrogens with one attached hydrogen (secondary N) is 2. The number of halogens is 1. The molecule has 2 amide bonds. The zero-order valence-corrected chi connectivity index (χ0v) is 14.7. The van der Waals surface area contributed by atoms with Gasteiger partial charge in [0.25, 0.3) is 11.8 Å². The Balaban J connectivity index is 1.61. The van der Waals surface area contributed by atoms with Gasteiger partial charge in [0.2, 0.25) is 0 Å². The van der Waals surface area contributed by atoms with Crippen molar-refractivity contribution in [2.24, 2.45) is 0 Å². The van der Waals surface area contributed by atoms with Crippen molar-refractivity contribution >= 4 is 34.8 Å². The summed E-state index contributed by atoms with van der Waals surface area (Å²) >= 11 is 7.21. The first-order valence-electron chi connectivity index (χ1n) is 7.97. The molecule has 3 rings (SSSR count). The molecule has 2 aromatic heterocycles. The third-order valence-corrected chi connectivity index (χ3v) is 5.46. The summed E-state index contributed by atoms with van der Waals surface area (Å²) < 4.78 is 0. The summed E-state index contributed by atoms with van der Waals surface area (Å²) in [6.45, 7) is 0. The summed E-state index contributed by atoms with van der Waals surface area (Å²) in [5, 5.41) is 0.312. The first kappa shape index (κ1) is 16.9. The lowest BCUT2D eigenvalue weighted by molar-refractivity contribution is 0.0848. The quantitative estimate of drug-likeness (QED) is 0.633. The molecule has 0 radical (unpaired) electrons. The summed E-state index contributed by atoms with van der Waals surface area (Å²) in [4.78, 5) is 30.0. The molecule has 24 heavy (non-hydrogen) atoms. The van der Waals surface area contributed by atoms with Gasteiger partial charge in [-0.3, -0.25) is 20.4 Å². The molecule has 0 saturated heterocycles. The van der Waals surface area contributed by atoms with Crippen LogP contribution in [0.4, 0.5) is 0 Å². The number of thiophene rings is 1. The second-order valence-corrected chi connectivity index (χ2v) is 7.28. The van der Waals surface area contributed by atoms with E-state index in [9.17, 15) is 9.59 Å². The van der Waals surface area contributed by atoms with Crippen molar-refractivity contribution in [1.29, 1.82) is 0 Å². The molecular weight excluding hydrogens is 346 g/mol. The fourth-order valence-corrected chi connectivity index (χ4v) is 3.97. The fourth-order valence-electron chi connectivity index (χ4n) is 2.71. The molecule has 0 atom stereocenters. The SMILES string of the molecule is O=C(NNC(=O)c1cc2c(s1)CCCCCC2)c1ccc(Cl)nc1. The predicted molar refractivity (Wildman–Crippen MR) is 94.4 cm³/mol. The van der Waals surface area contributed by atoms with E-state index in [4.69, 9.17) is 11.6 Å². The van der Waals surface area contributed by atoms with Crippen molar-refractivity contribution in [1.82, 2.24) is 15.8 Å². The number of amides is 2. The summed E-state index contributed by atoms with van der Waals surface area (Å²) in [5.41, 5.74) is 6.48. The third kappa shape index (κ3) is 4.13. The Morgan fingerprint density at radius 3 is 2.54 bits per heavy atom. The molecule has 2 N–H and O–H groups in total. The number of fused-ring (bicyclic) bond motifs is 1. The van der Waals surface area contributed by atoms with Crippen LogP contribution in [0.2, 0.25) is 5.15 Å². The van der Waals surface area contributed by atoms with Crippen molar-refractivity contribution in [3.63, 3.8) is 0 Å². The monoisotopic (exact) mass is 363 g/mol. The smallest absolute Gasteiger partial charge is 0.267 e. The van der Waals surface area contributed by atoms with E-state index in [1.807, 2.05) is 6.07 Å². The lowest BCUT2D eigenvalue weighted by Crippen LogP contribution is -2.41. The Morgan fingerprint density at radius 1 is 1.04 bits per heavy atom. The maximum Gasteiger partial charge on any atom is 0.279 e. The zero-order chi connectivity index (χ0) is 16.9. The normalized spacial score (nSPS) is 14.2. The fraction of sp³-hybridized carbons (Fsp3) is 0.353. The molecule has 0 spiro atoms. The molecule has 0 fully saturated rings. The Bertz CT molecular complexity index is 717. The highest BCUT2D eigenvalue weighted by atomic mass is 35.5. The van der Waals surface area contributed by atoms with Crippen LogP contribution in [0.3, 0.4) is 0 Å². The van der Waals surface area contributed by atoms with Crippen LogP contribution in [-0.2, 0) is 12.8 Å². The minimum atomic E-state index is -0.428. The molecule has 1 aliphatic carbocycles. The van der Waals surface area contributed by atoms with Gasteiger partial charge >= 0.3 is 0 Å². The number of hydrogen-bond acceptors (Lipinski definition) is 4. The molecule has 0 aliphatic heterocycles.